The SMILES string of the molecule is C=C(CC(C)(C)C(=O)O)O[C@H]1CCC2(C)C(CC[C@]3(C)C2CC[C@]2(O)C4=C(C(C)C)CC[C@]4(c4cc(=O)n(CC(=O)NC)n4C)CC[C@]23C)C1(C)C. The van der Waals surface area contributed by atoms with Crippen molar-refractivity contribution in [2.45, 2.75) is 157 Å². The Morgan fingerprint density at radius 3 is 2.29 bits per heavy atom. The number of hydrogen-bond acceptors (Lipinski definition) is 5. The maximum absolute atomic E-state index is 13.7. The number of carboxylic acid groups (broad SMARTS) is 1. The molecule has 0 radical (unpaired) electrons. The Hall–Kier alpha value is -2.81. The van der Waals surface area contributed by atoms with Crippen molar-refractivity contribution < 1.29 is 24.5 Å². The first-order valence-electron chi connectivity index (χ1n) is 20.0. The van der Waals surface area contributed by atoms with Gasteiger partial charge in [-0.1, -0.05) is 60.6 Å². The standard InChI is InChI=1S/C43H67N3O6/c1-26(2)28-13-19-42(31-23-34(48)46(45(31)12)25-33(47)44-11)22-21-41(10)40(9)18-14-29-38(6,7)32(52-27(3)24-37(4,5)36(49)50)16-17-39(29,8)30(40)15-20-43(41,51)35(28)42/h23,26,29-30,32,51H,3,13-22,24-25H2,1-2,4-12H3,(H,44,47)(H,49,50)/t29?,30?,32-,39?,40+,41-,42+,43-/m0/s1. The van der Waals surface area contributed by atoms with Gasteiger partial charge in [0.15, 0.2) is 0 Å². The van der Waals surface area contributed by atoms with Crippen LogP contribution in [0.25, 0.3) is 0 Å². The highest BCUT2D eigenvalue weighted by Crippen LogP contribution is 2.78. The third-order valence-corrected chi connectivity index (χ3v) is 16.6. The number of ether oxygens (including phenoxy) is 1. The Balaban J connectivity index is 1.36. The second-order valence-electron chi connectivity index (χ2n) is 19.9. The van der Waals surface area contributed by atoms with Crippen molar-refractivity contribution in [3.63, 3.8) is 0 Å². The fourth-order valence-electron chi connectivity index (χ4n) is 13.5. The molecule has 4 saturated carbocycles. The first-order chi connectivity index (χ1) is 24.0. The summed E-state index contributed by atoms with van der Waals surface area (Å²) in [5.74, 6) is 0.622. The Morgan fingerprint density at radius 1 is 1.02 bits per heavy atom. The zero-order chi connectivity index (χ0) is 38.6. The highest BCUT2D eigenvalue weighted by Gasteiger charge is 2.74. The molecule has 3 unspecified atom stereocenters. The lowest BCUT2D eigenvalue weighted by Gasteiger charge is -2.74. The zero-order valence-corrected chi connectivity index (χ0v) is 34.0. The van der Waals surface area contributed by atoms with E-state index < -0.39 is 22.4 Å². The lowest BCUT2D eigenvalue weighted by atomic mass is 9.32. The van der Waals surface area contributed by atoms with Gasteiger partial charge in [0.25, 0.3) is 5.56 Å². The maximum Gasteiger partial charge on any atom is 0.309 e. The quantitative estimate of drug-likeness (QED) is 0.179. The summed E-state index contributed by atoms with van der Waals surface area (Å²) in [7, 11) is 3.50. The summed E-state index contributed by atoms with van der Waals surface area (Å²) in [6.45, 7) is 24.3. The number of nitrogens with one attached hydrogen (secondary N) is 1. The van der Waals surface area contributed by atoms with E-state index in [-0.39, 0.29) is 58.1 Å². The van der Waals surface area contributed by atoms with Gasteiger partial charge in [0.1, 0.15) is 12.6 Å². The number of carbonyl (C=O) groups excluding carboxylic acids is 1. The number of carboxylic acids is 1. The molecule has 0 aliphatic heterocycles. The zero-order valence-electron chi connectivity index (χ0n) is 34.0. The molecular weight excluding hydrogens is 654 g/mol. The van der Waals surface area contributed by atoms with E-state index >= 15 is 0 Å². The molecule has 0 spiro atoms. The van der Waals surface area contributed by atoms with Gasteiger partial charge in [-0.15, -0.1) is 0 Å². The van der Waals surface area contributed by atoms with Gasteiger partial charge in [-0.05, 0) is 112 Å². The van der Waals surface area contributed by atoms with Crippen LogP contribution in [-0.4, -0.2) is 50.2 Å². The lowest BCUT2D eigenvalue weighted by molar-refractivity contribution is -0.266. The number of nitrogens with zero attached hydrogens (tertiary/aromatic N) is 2. The van der Waals surface area contributed by atoms with Crippen molar-refractivity contribution in [2.75, 3.05) is 7.05 Å². The summed E-state index contributed by atoms with van der Waals surface area (Å²) in [6, 6.07) is 1.75. The molecule has 5 aliphatic carbocycles. The number of aromatic nitrogens is 2. The molecule has 5 aliphatic rings. The lowest BCUT2D eigenvalue weighted by Crippen LogP contribution is -2.71. The molecule has 9 nitrogen and oxygen atoms in total. The Bertz CT molecular complexity index is 1750. The largest absolute Gasteiger partial charge is 0.495 e. The molecule has 0 aromatic carbocycles. The second kappa shape index (κ2) is 12.4. The number of aliphatic carboxylic acids is 1. The molecule has 3 N–H and O–H groups in total. The van der Waals surface area contributed by atoms with Crippen molar-refractivity contribution in [3.05, 3.63) is 45.6 Å². The Labute approximate surface area is 311 Å². The molecule has 290 valence electrons. The molecule has 9 heteroatoms. The summed E-state index contributed by atoms with van der Waals surface area (Å²) in [6.07, 6.45) is 9.42. The van der Waals surface area contributed by atoms with Crippen LogP contribution in [0.1, 0.15) is 139 Å². The van der Waals surface area contributed by atoms with Crippen molar-refractivity contribution in [2.24, 2.45) is 51.9 Å². The van der Waals surface area contributed by atoms with Crippen molar-refractivity contribution in [1.82, 2.24) is 14.7 Å². The van der Waals surface area contributed by atoms with E-state index in [0.717, 1.165) is 63.5 Å². The van der Waals surface area contributed by atoms with Gasteiger partial charge in [0.05, 0.1) is 22.5 Å². The number of aliphatic hydroxyl groups is 1. The molecule has 8 atom stereocenters. The molecule has 1 aromatic rings. The molecule has 4 fully saturated rings. The van der Waals surface area contributed by atoms with Gasteiger partial charge >= 0.3 is 5.97 Å². The van der Waals surface area contributed by atoms with Crippen LogP contribution in [0.2, 0.25) is 0 Å². The van der Waals surface area contributed by atoms with Gasteiger partial charge in [-0.3, -0.25) is 19.1 Å². The molecule has 1 heterocycles. The van der Waals surface area contributed by atoms with Crippen molar-refractivity contribution >= 4 is 11.9 Å². The molecular formula is C43H67N3O6. The van der Waals surface area contributed by atoms with Gasteiger partial charge < -0.3 is 20.3 Å². The van der Waals surface area contributed by atoms with Crippen LogP contribution in [0.3, 0.4) is 0 Å². The summed E-state index contributed by atoms with van der Waals surface area (Å²) < 4.78 is 10.0. The summed E-state index contributed by atoms with van der Waals surface area (Å²) in [5.41, 5.74) is 0.352. The minimum atomic E-state index is -1.01. The third-order valence-electron chi connectivity index (χ3n) is 16.6. The third kappa shape index (κ3) is 5.20. The fraction of sp³-hybridized carbons (Fsp3) is 0.791. The van der Waals surface area contributed by atoms with E-state index in [2.05, 4.69) is 60.4 Å². The fourth-order valence-corrected chi connectivity index (χ4v) is 13.5. The molecule has 52 heavy (non-hydrogen) atoms. The van der Waals surface area contributed by atoms with Crippen molar-refractivity contribution in [1.29, 1.82) is 0 Å². The van der Waals surface area contributed by atoms with Crippen LogP contribution in [0.4, 0.5) is 0 Å². The van der Waals surface area contributed by atoms with Crippen LogP contribution in [0.15, 0.2) is 34.3 Å². The Kier molecular flexibility index (Phi) is 9.24. The van der Waals surface area contributed by atoms with E-state index in [1.807, 2.05) is 11.7 Å². The summed E-state index contributed by atoms with van der Waals surface area (Å²) >= 11 is 0. The average Bonchev–Trinajstić information content (AvgIpc) is 3.58. The predicted octanol–water partition coefficient (Wildman–Crippen LogP) is 7.50. The maximum atomic E-state index is 13.7. The first-order valence-corrected chi connectivity index (χ1v) is 20.0. The monoisotopic (exact) mass is 722 g/mol. The number of likely N-dealkylation sites (N-methyl/N-ethyl adjacent to an activating group) is 1. The van der Waals surface area contributed by atoms with Gasteiger partial charge in [-0.25, -0.2) is 4.68 Å². The first kappa shape index (κ1) is 38.9. The van der Waals surface area contributed by atoms with Crippen LogP contribution < -0.4 is 10.9 Å². The second-order valence-corrected chi connectivity index (χ2v) is 19.9. The number of amides is 1. The number of hydrogen-bond donors (Lipinski definition) is 3. The Morgan fingerprint density at radius 2 is 1.67 bits per heavy atom. The minimum Gasteiger partial charge on any atom is -0.495 e. The normalized spacial score (nSPS) is 38.2. The van der Waals surface area contributed by atoms with E-state index in [9.17, 15) is 24.6 Å². The van der Waals surface area contributed by atoms with Crippen LogP contribution in [-0.2, 0) is 33.3 Å². The minimum absolute atomic E-state index is 0.0296. The van der Waals surface area contributed by atoms with Gasteiger partial charge in [-0.2, -0.15) is 0 Å². The highest BCUT2D eigenvalue weighted by molar-refractivity contribution is 5.75. The van der Waals surface area contributed by atoms with E-state index in [1.54, 1.807) is 27.0 Å². The molecule has 0 bridgehead atoms. The highest BCUT2D eigenvalue weighted by atomic mass is 16.5. The number of fused-ring (bicyclic) bond motifs is 7. The van der Waals surface area contributed by atoms with E-state index in [1.165, 1.54) is 15.8 Å². The number of carbonyl (C=O) groups is 2. The van der Waals surface area contributed by atoms with Gasteiger partial charge in [0, 0.05) is 42.8 Å². The van der Waals surface area contributed by atoms with E-state index in [0.29, 0.717) is 24.0 Å². The summed E-state index contributed by atoms with van der Waals surface area (Å²) in [4.78, 5) is 37.7. The molecule has 6 rings (SSSR count). The number of rotatable bonds is 9. The van der Waals surface area contributed by atoms with Crippen LogP contribution in [0.5, 0.6) is 0 Å². The average molecular weight is 722 g/mol. The van der Waals surface area contributed by atoms with Gasteiger partial charge in [0.2, 0.25) is 5.91 Å². The van der Waals surface area contributed by atoms with Crippen molar-refractivity contribution in [3.8, 4) is 0 Å². The molecule has 1 aromatic heterocycles. The topological polar surface area (TPSA) is 123 Å². The van der Waals surface area contributed by atoms with Crippen LogP contribution in [0, 0.1) is 44.8 Å². The number of allylic oxidation sites excluding steroid dienone is 2. The molecule has 1 amide bonds. The van der Waals surface area contributed by atoms with Crippen LogP contribution >= 0.6 is 0 Å². The smallest absolute Gasteiger partial charge is 0.309 e. The predicted molar refractivity (Wildman–Crippen MR) is 204 cm³/mol. The van der Waals surface area contributed by atoms with E-state index in [4.69, 9.17) is 4.74 Å². The summed E-state index contributed by atoms with van der Waals surface area (Å²) in [5, 5.41) is 26.1. The molecule has 0 saturated heterocycles.